The number of hydrogen-bond acceptors (Lipinski definition) is 8. The van der Waals surface area contributed by atoms with Crippen LogP contribution in [0, 0.1) is 11.6 Å². The van der Waals surface area contributed by atoms with Crippen molar-refractivity contribution >= 4 is 49.4 Å². The highest BCUT2D eigenvalue weighted by Crippen LogP contribution is 2.46. The van der Waals surface area contributed by atoms with Crippen LogP contribution in [0.25, 0.3) is 21.8 Å². The molecule has 314 valence electrons. The molecule has 0 bridgehead atoms. The molecule has 0 radical (unpaired) electrons. The Hall–Kier alpha value is -5.32. The highest BCUT2D eigenvalue weighted by molar-refractivity contribution is 9.10. The van der Waals surface area contributed by atoms with Gasteiger partial charge in [0.25, 0.3) is 24.0 Å². The first kappa shape index (κ1) is 41.4. The van der Waals surface area contributed by atoms with Gasteiger partial charge in [-0.3, -0.25) is 9.59 Å². The molecule has 0 amide bonds. The van der Waals surface area contributed by atoms with E-state index in [1.165, 1.54) is 36.9 Å². The van der Waals surface area contributed by atoms with Gasteiger partial charge in [0.05, 0.1) is 45.0 Å². The first-order valence-corrected chi connectivity index (χ1v) is 20.5. The third kappa shape index (κ3) is 7.64. The summed E-state index contributed by atoms with van der Waals surface area (Å²) < 4.78 is 85.3. The minimum absolute atomic E-state index is 0.00313. The van der Waals surface area contributed by atoms with Crippen LogP contribution in [0.1, 0.15) is 125 Å². The van der Waals surface area contributed by atoms with E-state index in [1.54, 1.807) is 35.4 Å². The minimum atomic E-state index is -2.90. The fraction of sp³-hybridized carbons (Fsp3) is 0.395. The fourth-order valence-electron chi connectivity index (χ4n) is 7.56. The van der Waals surface area contributed by atoms with Crippen molar-refractivity contribution in [3.05, 3.63) is 126 Å². The van der Waals surface area contributed by atoms with Crippen LogP contribution in [-0.2, 0) is 11.1 Å². The summed E-state index contributed by atoms with van der Waals surface area (Å²) in [6.07, 6.45) is 5.96. The molecule has 0 unspecified atom stereocenters. The quantitative estimate of drug-likeness (QED) is 0.123. The number of halogens is 7. The lowest BCUT2D eigenvalue weighted by Crippen LogP contribution is -2.30. The summed E-state index contributed by atoms with van der Waals surface area (Å²) >= 11 is 3.34. The molecule has 0 spiro atoms. The van der Waals surface area contributed by atoms with Crippen LogP contribution in [0.5, 0.6) is 0 Å². The Kier molecular flexibility index (Phi) is 10.8. The number of nitrogens with zero attached hydrogens (tertiary/aromatic N) is 6. The Morgan fingerprint density at radius 2 is 1.08 bits per heavy atom. The molecule has 0 saturated heterocycles. The molecule has 3 aliphatic carbocycles. The number of aromatic nitrogens is 6. The molecule has 3 aliphatic rings. The molecule has 2 atom stereocenters. The van der Waals surface area contributed by atoms with E-state index in [4.69, 9.17) is 0 Å². The van der Waals surface area contributed by atoms with Crippen LogP contribution in [0.3, 0.4) is 0 Å². The van der Waals surface area contributed by atoms with Crippen LogP contribution in [0.2, 0.25) is 0 Å². The first-order valence-electron chi connectivity index (χ1n) is 19.7. The Labute approximate surface area is 348 Å². The Balaban J connectivity index is 0.000000167. The molecule has 3 fully saturated rings. The molecule has 9 rings (SSSR count). The maximum Gasteiger partial charge on any atom is 0.267 e. The summed E-state index contributed by atoms with van der Waals surface area (Å²) in [4.78, 5) is 43.1. The Morgan fingerprint density at radius 3 is 1.52 bits per heavy atom. The molecule has 2 aromatic carbocycles. The molecule has 6 aromatic rings. The van der Waals surface area contributed by atoms with E-state index in [-0.39, 0.29) is 39.2 Å². The van der Waals surface area contributed by atoms with Crippen molar-refractivity contribution in [1.29, 1.82) is 0 Å². The molecule has 10 nitrogen and oxygen atoms in total. The van der Waals surface area contributed by atoms with E-state index in [0.717, 1.165) is 56.2 Å². The fourth-order valence-corrected chi connectivity index (χ4v) is 8.07. The van der Waals surface area contributed by atoms with Gasteiger partial charge in [0, 0.05) is 40.2 Å². The minimum Gasteiger partial charge on any atom is -0.363 e. The maximum atomic E-state index is 14.7. The average Bonchev–Trinajstić information content (AvgIpc) is 4.12. The summed E-state index contributed by atoms with van der Waals surface area (Å²) in [5.41, 5.74) is 0.123. The smallest absolute Gasteiger partial charge is 0.267 e. The van der Waals surface area contributed by atoms with Gasteiger partial charge in [0.2, 0.25) is 0 Å². The van der Waals surface area contributed by atoms with Gasteiger partial charge in [0.1, 0.15) is 40.4 Å². The van der Waals surface area contributed by atoms with Crippen molar-refractivity contribution in [3.63, 3.8) is 0 Å². The van der Waals surface area contributed by atoms with Gasteiger partial charge < -0.3 is 19.8 Å². The second-order valence-electron chi connectivity index (χ2n) is 16.4. The van der Waals surface area contributed by atoms with Gasteiger partial charge in [-0.15, -0.1) is 0 Å². The molecule has 17 heteroatoms. The number of alkyl halides is 4. The average molecular weight is 896 g/mol. The predicted molar refractivity (Wildman–Crippen MR) is 220 cm³/mol. The van der Waals surface area contributed by atoms with Gasteiger partial charge in [-0.25, -0.2) is 46.3 Å². The molecule has 0 aliphatic heterocycles. The maximum absolute atomic E-state index is 14.7. The lowest BCUT2D eigenvalue weighted by Gasteiger charge is -2.20. The van der Waals surface area contributed by atoms with E-state index in [1.807, 2.05) is 6.92 Å². The molecule has 2 N–H and O–H groups in total. The normalized spacial score (nSPS) is 17.4. The SMILES string of the molecule is C[C@@H](Nc1ncnc2c(Br)c(=O)n(C3(C)CC3)cc12)c1cccc(C(F)F)c1F.C[C@@H](Nc1ncnc2c(C3CC3)c(=O)n(C3(C)CC3)cc12)c1cccc(C(F)F)c1F. The number of benzene rings is 2. The summed E-state index contributed by atoms with van der Waals surface area (Å²) in [6, 6.07) is 6.68. The summed E-state index contributed by atoms with van der Waals surface area (Å²) in [5, 5.41) is 7.52. The van der Waals surface area contributed by atoms with Crippen molar-refractivity contribution in [3.8, 4) is 0 Å². The second-order valence-corrected chi connectivity index (χ2v) is 17.2. The van der Waals surface area contributed by atoms with E-state index in [0.29, 0.717) is 37.9 Å². The number of pyridine rings is 2. The van der Waals surface area contributed by atoms with E-state index in [2.05, 4.69) is 53.4 Å². The third-order valence-electron chi connectivity index (χ3n) is 11.9. The highest BCUT2D eigenvalue weighted by atomic mass is 79.9. The zero-order valence-corrected chi connectivity index (χ0v) is 34.6. The van der Waals surface area contributed by atoms with Crippen molar-refractivity contribution in [2.75, 3.05) is 10.6 Å². The van der Waals surface area contributed by atoms with Gasteiger partial charge in [-0.05, 0) is 88.1 Å². The predicted octanol–water partition coefficient (Wildman–Crippen LogP) is 10.7. The number of hydrogen-bond donors (Lipinski definition) is 2. The molecular weight excluding hydrogens is 854 g/mol. The summed E-state index contributed by atoms with van der Waals surface area (Å²) in [7, 11) is 0. The van der Waals surface area contributed by atoms with Gasteiger partial charge >= 0.3 is 0 Å². The largest absolute Gasteiger partial charge is 0.363 e. The number of nitrogens with one attached hydrogen (secondary N) is 2. The van der Waals surface area contributed by atoms with Crippen molar-refractivity contribution in [2.45, 2.75) is 108 Å². The van der Waals surface area contributed by atoms with Crippen LogP contribution < -0.4 is 21.8 Å². The van der Waals surface area contributed by atoms with E-state index in [9.17, 15) is 35.9 Å². The summed E-state index contributed by atoms with van der Waals surface area (Å²) in [5.74, 6) is -0.811. The number of rotatable bonds is 11. The lowest BCUT2D eigenvalue weighted by molar-refractivity contribution is 0.145. The first-order chi connectivity index (χ1) is 28.5. The molecule has 3 saturated carbocycles. The second kappa shape index (κ2) is 15.6. The molecule has 60 heavy (non-hydrogen) atoms. The Bertz CT molecular complexity index is 2770. The summed E-state index contributed by atoms with van der Waals surface area (Å²) in [6.45, 7) is 7.41. The van der Waals surface area contributed by atoms with Gasteiger partial charge in [-0.1, -0.05) is 36.4 Å². The van der Waals surface area contributed by atoms with Crippen LogP contribution >= 0.6 is 15.9 Å². The zero-order chi connectivity index (χ0) is 42.8. The molecule has 4 heterocycles. The van der Waals surface area contributed by atoms with Crippen molar-refractivity contribution in [1.82, 2.24) is 29.1 Å². The third-order valence-corrected chi connectivity index (χ3v) is 12.6. The topological polar surface area (TPSA) is 120 Å². The van der Waals surface area contributed by atoms with Gasteiger partial charge in [0.15, 0.2) is 0 Å². The van der Waals surface area contributed by atoms with Crippen molar-refractivity contribution < 1.29 is 26.3 Å². The lowest BCUT2D eigenvalue weighted by atomic mass is 10.0. The molecule has 4 aromatic heterocycles. The van der Waals surface area contributed by atoms with Gasteiger partial charge in [-0.2, -0.15) is 0 Å². The van der Waals surface area contributed by atoms with Crippen molar-refractivity contribution in [2.24, 2.45) is 0 Å². The van der Waals surface area contributed by atoms with Crippen LogP contribution in [0.15, 0.2) is 75.5 Å². The number of fused-ring (bicyclic) bond motifs is 2. The Morgan fingerprint density at radius 1 is 0.667 bits per heavy atom. The highest BCUT2D eigenvalue weighted by Gasteiger charge is 2.43. The monoisotopic (exact) mass is 894 g/mol. The van der Waals surface area contributed by atoms with E-state index < -0.39 is 47.7 Å². The molecular formula is C43H41BrF6N8O2. The number of anilines is 2. The van der Waals surface area contributed by atoms with Crippen LogP contribution in [-0.4, -0.2) is 29.1 Å². The van der Waals surface area contributed by atoms with Crippen LogP contribution in [0.4, 0.5) is 38.0 Å². The van der Waals surface area contributed by atoms with E-state index >= 15 is 0 Å². The standard InChI is InChI=1S/C23H23F3N4O.C20H18BrF3N4O/c1-12(14-4-3-5-15(18(14)24)20(25)26)29-21-16-10-30(23(2)8-9-23)22(31)17(13-6-7-13)19(16)27-11-28-21;1-10(11-4-3-5-12(15(11)22)17(23)24)27-18-13-8-28(20(2)6-7-20)19(29)14(21)16(13)25-9-26-18/h3-5,10-13,20H,6-9H2,1-2H3,(H,27,28,29);3-5,8-10,17H,6-7H2,1-2H3,(H,25,26,27)/t12-;10-/m11/s1. The zero-order valence-electron chi connectivity index (χ0n) is 33.0.